The van der Waals surface area contributed by atoms with Gasteiger partial charge in [0.05, 0.1) is 6.10 Å². The normalized spacial score (nSPS) is 17.1. The fraction of sp³-hybridized carbons (Fsp3) is 0.417. The third-order valence-corrected chi connectivity index (χ3v) is 2.88. The molecule has 1 aromatic carbocycles. The second-order valence-electron chi connectivity index (χ2n) is 3.99. The van der Waals surface area contributed by atoms with E-state index in [-0.39, 0.29) is 11.7 Å². The molecular weight excluding hydrogens is 209 g/mol. The number of carbonyl (C=O) groups is 1. The van der Waals surface area contributed by atoms with Crippen LogP contribution in [0.3, 0.4) is 0 Å². The number of aliphatic hydroxyl groups is 1. The van der Waals surface area contributed by atoms with E-state index in [9.17, 15) is 14.3 Å². The second-order valence-corrected chi connectivity index (χ2v) is 3.99. The average Bonchev–Trinajstić information content (AvgIpc) is 2.28. The molecule has 1 aliphatic heterocycles. The summed E-state index contributed by atoms with van der Waals surface area (Å²) in [7, 11) is 0. The molecule has 1 saturated heterocycles. The van der Waals surface area contributed by atoms with Crippen LogP contribution in [0.5, 0.6) is 0 Å². The van der Waals surface area contributed by atoms with E-state index in [2.05, 4.69) is 0 Å². The number of likely N-dealkylation sites (tertiary alicyclic amines) is 1. The van der Waals surface area contributed by atoms with Crippen molar-refractivity contribution in [2.45, 2.75) is 18.9 Å². The quantitative estimate of drug-likeness (QED) is 0.785. The lowest BCUT2D eigenvalue weighted by Gasteiger charge is -2.31. The maximum atomic E-state index is 12.6. The predicted molar refractivity (Wildman–Crippen MR) is 57.2 cm³/mol. The van der Waals surface area contributed by atoms with Gasteiger partial charge in [-0.3, -0.25) is 4.79 Å². The van der Waals surface area contributed by atoms with E-state index in [1.807, 2.05) is 0 Å². The van der Waals surface area contributed by atoms with E-state index in [0.29, 0.717) is 24.9 Å². The summed E-state index contributed by atoms with van der Waals surface area (Å²) in [4.78, 5) is 12.7. The maximum absolute atomic E-state index is 12.6. The number of benzene rings is 1. The van der Waals surface area contributed by atoms with Crippen molar-refractivity contribution in [3.8, 4) is 0 Å². The molecule has 1 atom stereocenters. The molecule has 16 heavy (non-hydrogen) atoms. The third-order valence-electron chi connectivity index (χ3n) is 2.88. The number of amides is 1. The van der Waals surface area contributed by atoms with Gasteiger partial charge >= 0.3 is 0 Å². The van der Waals surface area contributed by atoms with Crippen molar-refractivity contribution in [2.24, 2.45) is 0 Å². The lowest BCUT2D eigenvalue weighted by atomic mass is 10.1. The molecule has 0 bridgehead atoms. The monoisotopic (exact) mass is 223 g/mol. The number of rotatable bonds is 4. The van der Waals surface area contributed by atoms with E-state index in [1.54, 1.807) is 17.0 Å². The highest BCUT2D eigenvalue weighted by Gasteiger charge is 2.23. The van der Waals surface area contributed by atoms with Gasteiger partial charge in [0.1, 0.15) is 5.82 Å². The summed E-state index contributed by atoms with van der Waals surface area (Å²) in [6.07, 6.45) is 0.485. The summed E-state index contributed by atoms with van der Waals surface area (Å²) in [5, 5.41) is 9.81. The van der Waals surface area contributed by atoms with E-state index in [0.717, 1.165) is 6.54 Å². The Morgan fingerprint density at radius 3 is 2.56 bits per heavy atom. The van der Waals surface area contributed by atoms with Gasteiger partial charge in [0.25, 0.3) is 0 Å². The molecule has 1 fully saturated rings. The standard InChI is InChI=1S/C12H14FNO2/c13-10-3-1-9(2-4-10)11(15)5-7-14-8-6-12(14)16/h1-4,11,15H,5-8H2/t11-/m0/s1. The van der Waals surface area contributed by atoms with Crippen molar-refractivity contribution in [1.29, 1.82) is 0 Å². The summed E-state index contributed by atoms with van der Waals surface area (Å²) in [6.45, 7) is 1.35. The summed E-state index contributed by atoms with van der Waals surface area (Å²) < 4.78 is 12.6. The lowest BCUT2D eigenvalue weighted by Crippen LogP contribution is -2.44. The first-order valence-corrected chi connectivity index (χ1v) is 5.38. The molecule has 0 spiro atoms. The summed E-state index contributed by atoms with van der Waals surface area (Å²) >= 11 is 0. The van der Waals surface area contributed by atoms with Gasteiger partial charge in [-0.25, -0.2) is 4.39 Å². The van der Waals surface area contributed by atoms with Crippen molar-refractivity contribution in [3.63, 3.8) is 0 Å². The Balaban J connectivity index is 1.85. The predicted octanol–water partition coefficient (Wildman–Crippen LogP) is 1.48. The highest BCUT2D eigenvalue weighted by Crippen LogP contribution is 2.19. The van der Waals surface area contributed by atoms with E-state index < -0.39 is 6.10 Å². The van der Waals surface area contributed by atoms with Crippen LogP contribution in [0.25, 0.3) is 0 Å². The lowest BCUT2D eigenvalue weighted by molar-refractivity contribution is -0.140. The van der Waals surface area contributed by atoms with Crippen molar-refractivity contribution < 1.29 is 14.3 Å². The highest BCUT2D eigenvalue weighted by molar-refractivity contribution is 5.81. The maximum Gasteiger partial charge on any atom is 0.224 e. The number of aliphatic hydroxyl groups excluding tert-OH is 1. The first kappa shape index (κ1) is 11.1. The van der Waals surface area contributed by atoms with E-state index in [4.69, 9.17) is 0 Å². The third kappa shape index (κ3) is 2.39. The van der Waals surface area contributed by atoms with Gasteiger partial charge < -0.3 is 10.0 Å². The molecule has 0 aromatic heterocycles. The van der Waals surface area contributed by atoms with Gasteiger partial charge in [0, 0.05) is 19.5 Å². The van der Waals surface area contributed by atoms with E-state index in [1.165, 1.54) is 12.1 Å². The Morgan fingerprint density at radius 2 is 2.06 bits per heavy atom. The molecule has 1 heterocycles. The van der Waals surface area contributed by atoms with Gasteiger partial charge in [-0.1, -0.05) is 12.1 Å². The van der Waals surface area contributed by atoms with Gasteiger partial charge in [-0.05, 0) is 24.1 Å². The van der Waals surface area contributed by atoms with Gasteiger partial charge in [-0.15, -0.1) is 0 Å². The van der Waals surface area contributed by atoms with Gasteiger partial charge in [0.2, 0.25) is 5.91 Å². The van der Waals surface area contributed by atoms with Crippen LogP contribution in [0.2, 0.25) is 0 Å². The molecule has 0 saturated carbocycles. The zero-order valence-corrected chi connectivity index (χ0v) is 8.90. The number of β-lactam (4-membered cyclic amide) rings is 1. The molecule has 0 radical (unpaired) electrons. The molecular formula is C12H14FNO2. The topological polar surface area (TPSA) is 40.5 Å². The molecule has 1 aliphatic rings. The number of carbonyl (C=O) groups excluding carboxylic acids is 1. The van der Waals surface area contributed by atoms with Crippen LogP contribution in [0.1, 0.15) is 24.5 Å². The molecule has 1 N–H and O–H groups in total. The van der Waals surface area contributed by atoms with Crippen LogP contribution in [0, 0.1) is 5.82 Å². The Labute approximate surface area is 93.5 Å². The molecule has 0 aliphatic carbocycles. The zero-order valence-electron chi connectivity index (χ0n) is 8.90. The summed E-state index contributed by atoms with van der Waals surface area (Å²) in [5.74, 6) is -0.167. The van der Waals surface area contributed by atoms with Crippen LogP contribution >= 0.6 is 0 Å². The van der Waals surface area contributed by atoms with Gasteiger partial charge in [-0.2, -0.15) is 0 Å². The number of halogens is 1. The number of hydrogen-bond acceptors (Lipinski definition) is 2. The molecule has 2 rings (SSSR count). The first-order chi connectivity index (χ1) is 7.66. The van der Waals surface area contributed by atoms with Gasteiger partial charge in [0.15, 0.2) is 0 Å². The van der Waals surface area contributed by atoms with E-state index >= 15 is 0 Å². The Bertz CT molecular complexity index is 377. The van der Waals surface area contributed by atoms with Crippen LogP contribution in [-0.2, 0) is 4.79 Å². The molecule has 4 heteroatoms. The fourth-order valence-electron chi connectivity index (χ4n) is 1.73. The SMILES string of the molecule is O=C1CCN1CC[C@H](O)c1ccc(F)cc1. The fourth-order valence-corrected chi connectivity index (χ4v) is 1.73. The second kappa shape index (κ2) is 4.61. The minimum Gasteiger partial charge on any atom is -0.388 e. The largest absolute Gasteiger partial charge is 0.388 e. The average molecular weight is 223 g/mol. The zero-order chi connectivity index (χ0) is 11.5. The highest BCUT2D eigenvalue weighted by atomic mass is 19.1. The smallest absolute Gasteiger partial charge is 0.224 e. The van der Waals surface area contributed by atoms with Crippen LogP contribution in [-0.4, -0.2) is 29.0 Å². The molecule has 1 amide bonds. The van der Waals surface area contributed by atoms with Crippen molar-refractivity contribution in [1.82, 2.24) is 4.90 Å². The Morgan fingerprint density at radius 1 is 1.38 bits per heavy atom. The number of hydrogen-bond donors (Lipinski definition) is 1. The van der Waals surface area contributed by atoms with Crippen LogP contribution in [0.15, 0.2) is 24.3 Å². The number of nitrogens with zero attached hydrogens (tertiary/aromatic N) is 1. The van der Waals surface area contributed by atoms with Crippen molar-refractivity contribution in [2.75, 3.05) is 13.1 Å². The summed E-state index contributed by atoms with van der Waals surface area (Å²) in [6, 6.07) is 5.79. The molecule has 86 valence electrons. The molecule has 0 unspecified atom stereocenters. The van der Waals surface area contributed by atoms with Crippen LogP contribution < -0.4 is 0 Å². The van der Waals surface area contributed by atoms with Crippen molar-refractivity contribution >= 4 is 5.91 Å². The molecule has 3 nitrogen and oxygen atoms in total. The molecule has 1 aromatic rings. The minimum atomic E-state index is -0.631. The summed E-state index contributed by atoms with van der Waals surface area (Å²) in [5.41, 5.74) is 0.689. The van der Waals surface area contributed by atoms with Crippen molar-refractivity contribution in [3.05, 3.63) is 35.6 Å². The minimum absolute atomic E-state index is 0.145. The first-order valence-electron chi connectivity index (χ1n) is 5.38. The Kier molecular flexibility index (Phi) is 3.19. The van der Waals surface area contributed by atoms with Crippen LogP contribution in [0.4, 0.5) is 4.39 Å². The Hall–Kier alpha value is -1.42.